The first kappa shape index (κ1) is 19.1. The fourth-order valence-corrected chi connectivity index (χ4v) is 2.54. The summed E-state index contributed by atoms with van der Waals surface area (Å²) >= 11 is 0. The predicted molar refractivity (Wildman–Crippen MR) is 103 cm³/mol. The summed E-state index contributed by atoms with van der Waals surface area (Å²) in [4.78, 5) is 24.4. The third-order valence-corrected chi connectivity index (χ3v) is 3.91. The van der Waals surface area contributed by atoms with Crippen molar-refractivity contribution in [3.8, 4) is 0 Å². The van der Waals surface area contributed by atoms with Crippen molar-refractivity contribution >= 4 is 23.5 Å². The summed E-state index contributed by atoms with van der Waals surface area (Å²) in [5.74, 6) is -0.332. The maximum Gasteiger partial charge on any atom is 0.269 e. The van der Waals surface area contributed by atoms with Gasteiger partial charge in [0.2, 0.25) is 5.91 Å². The molecule has 2 aromatic carbocycles. The Morgan fingerprint density at radius 2 is 1.88 bits per heavy atom. The molecule has 0 saturated heterocycles. The SMILES string of the molecule is CCN(CC)c1ccc(C=NNC(=O)Cc2cccc([N+](=O)[O-])c2)cc1. The number of carbonyl (C=O) groups excluding carboxylic acids is 1. The highest BCUT2D eigenvalue weighted by atomic mass is 16.6. The van der Waals surface area contributed by atoms with E-state index in [1.165, 1.54) is 12.1 Å². The second-order valence-corrected chi connectivity index (χ2v) is 5.66. The van der Waals surface area contributed by atoms with Gasteiger partial charge in [0, 0.05) is 30.9 Å². The van der Waals surface area contributed by atoms with Crippen molar-refractivity contribution in [1.29, 1.82) is 0 Å². The Morgan fingerprint density at radius 1 is 1.19 bits per heavy atom. The molecule has 0 unspecified atom stereocenters. The van der Waals surface area contributed by atoms with E-state index in [0.29, 0.717) is 5.56 Å². The number of hydrogen-bond acceptors (Lipinski definition) is 5. The van der Waals surface area contributed by atoms with Crippen LogP contribution >= 0.6 is 0 Å². The van der Waals surface area contributed by atoms with E-state index in [-0.39, 0.29) is 18.0 Å². The van der Waals surface area contributed by atoms with Crippen LogP contribution in [0.5, 0.6) is 0 Å². The normalized spacial score (nSPS) is 10.7. The molecule has 0 heterocycles. The van der Waals surface area contributed by atoms with E-state index in [4.69, 9.17) is 0 Å². The quantitative estimate of drug-likeness (QED) is 0.448. The number of nitro groups is 1. The van der Waals surface area contributed by atoms with Crippen molar-refractivity contribution in [2.75, 3.05) is 18.0 Å². The molecule has 0 aromatic heterocycles. The van der Waals surface area contributed by atoms with Crippen LogP contribution in [0.25, 0.3) is 0 Å². The summed E-state index contributed by atoms with van der Waals surface area (Å²) in [5, 5.41) is 14.7. The van der Waals surface area contributed by atoms with Gasteiger partial charge < -0.3 is 4.90 Å². The molecule has 26 heavy (non-hydrogen) atoms. The smallest absolute Gasteiger partial charge is 0.269 e. The third-order valence-electron chi connectivity index (χ3n) is 3.91. The van der Waals surface area contributed by atoms with Gasteiger partial charge in [0.25, 0.3) is 5.69 Å². The molecule has 1 amide bonds. The van der Waals surface area contributed by atoms with Crippen molar-refractivity contribution in [3.05, 3.63) is 69.8 Å². The summed E-state index contributed by atoms with van der Waals surface area (Å²) in [5.41, 5.74) is 4.98. The van der Waals surface area contributed by atoms with Crippen molar-refractivity contribution in [3.63, 3.8) is 0 Å². The Morgan fingerprint density at radius 3 is 2.50 bits per heavy atom. The van der Waals surface area contributed by atoms with Crippen LogP contribution in [0, 0.1) is 10.1 Å². The maximum atomic E-state index is 11.9. The molecule has 1 N–H and O–H groups in total. The lowest BCUT2D eigenvalue weighted by Crippen LogP contribution is -2.21. The largest absolute Gasteiger partial charge is 0.372 e. The van der Waals surface area contributed by atoms with E-state index >= 15 is 0 Å². The minimum absolute atomic E-state index is 0.0277. The molecule has 7 nitrogen and oxygen atoms in total. The highest BCUT2D eigenvalue weighted by Gasteiger charge is 2.08. The number of nitrogens with zero attached hydrogens (tertiary/aromatic N) is 3. The number of amides is 1. The molecule has 0 fully saturated rings. The van der Waals surface area contributed by atoms with Crippen LogP contribution in [0.3, 0.4) is 0 Å². The topological polar surface area (TPSA) is 87.8 Å². The molecule has 0 saturated carbocycles. The number of hydrazone groups is 1. The monoisotopic (exact) mass is 354 g/mol. The first-order chi connectivity index (χ1) is 12.5. The average molecular weight is 354 g/mol. The molecule has 7 heteroatoms. The van der Waals surface area contributed by atoms with Gasteiger partial charge in [-0.1, -0.05) is 24.3 Å². The zero-order chi connectivity index (χ0) is 18.9. The van der Waals surface area contributed by atoms with Crippen molar-refractivity contribution in [2.24, 2.45) is 5.10 Å². The number of nitro benzene ring substituents is 1. The van der Waals surface area contributed by atoms with Gasteiger partial charge in [-0.25, -0.2) is 5.43 Å². The predicted octanol–water partition coefficient (Wildman–Crippen LogP) is 3.13. The number of anilines is 1. The molecule has 2 rings (SSSR count). The zero-order valence-electron chi connectivity index (χ0n) is 14.9. The Bertz CT molecular complexity index is 784. The van der Waals surface area contributed by atoms with Crippen LogP contribution in [0.15, 0.2) is 53.6 Å². The number of benzene rings is 2. The van der Waals surface area contributed by atoms with Crippen LogP contribution < -0.4 is 10.3 Å². The fraction of sp³-hybridized carbons (Fsp3) is 0.263. The van der Waals surface area contributed by atoms with E-state index in [1.54, 1.807) is 18.3 Å². The van der Waals surface area contributed by atoms with E-state index < -0.39 is 4.92 Å². The van der Waals surface area contributed by atoms with Crippen LogP contribution in [0.1, 0.15) is 25.0 Å². The van der Waals surface area contributed by atoms with E-state index in [0.717, 1.165) is 24.3 Å². The number of rotatable bonds is 8. The lowest BCUT2D eigenvalue weighted by molar-refractivity contribution is -0.384. The van der Waals surface area contributed by atoms with Gasteiger partial charge in [-0.05, 0) is 37.1 Å². The standard InChI is InChI=1S/C19H22N4O3/c1-3-22(4-2)17-10-8-15(9-11-17)14-20-21-19(24)13-16-6-5-7-18(12-16)23(25)26/h5-12,14H,3-4,13H2,1-2H3,(H,21,24). The lowest BCUT2D eigenvalue weighted by atomic mass is 10.1. The minimum Gasteiger partial charge on any atom is -0.372 e. The first-order valence-electron chi connectivity index (χ1n) is 8.43. The van der Waals surface area contributed by atoms with Gasteiger partial charge in [-0.2, -0.15) is 5.10 Å². The third kappa shape index (κ3) is 5.41. The van der Waals surface area contributed by atoms with E-state index in [9.17, 15) is 14.9 Å². The molecular formula is C19H22N4O3. The van der Waals surface area contributed by atoms with Gasteiger partial charge in [0.15, 0.2) is 0 Å². The average Bonchev–Trinajstić information content (AvgIpc) is 2.64. The Hall–Kier alpha value is -3.22. The van der Waals surface area contributed by atoms with Gasteiger partial charge in [0.1, 0.15) is 0 Å². The molecular weight excluding hydrogens is 332 g/mol. The first-order valence-corrected chi connectivity index (χ1v) is 8.43. The van der Waals surface area contributed by atoms with Gasteiger partial charge in [-0.15, -0.1) is 0 Å². The van der Waals surface area contributed by atoms with Gasteiger partial charge in [0.05, 0.1) is 17.6 Å². The van der Waals surface area contributed by atoms with Crippen molar-refractivity contribution in [1.82, 2.24) is 5.43 Å². The molecule has 0 spiro atoms. The number of hydrogen-bond donors (Lipinski definition) is 1. The molecule has 136 valence electrons. The van der Waals surface area contributed by atoms with Gasteiger partial charge in [-0.3, -0.25) is 14.9 Å². The zero-order valence-corrected chi connectivity index (χ0v) is 14.9. The summed E-state index contributed by atoms with van der Waals surface area (Å²) < 4.78 is 0. The Labute approximate surface area is 152 Å². The molecule has 0 aliphatic heterocycles. The minimum atomic E-state index is -0.485. The molecule has 0 atom stereocenters. The lowest BCUT2D eigenvalue weighted by Gasteiger charge is -2.20. The fourth-order valence-electron chi connectivity index (χ4n) is 2.54. The summed E-state index contributed by atoms with van der Waals surface area (Å²) in [6.07, 6.45) is 1.59. The summed E-state index contributed by atoms with van der Waals surface area (Å²) in [6.45, 7) is 6.10. The highest BCUT2D eigenvalue weighted by Crippen LogP contribution is 2.14. The summed E-state index contributed by atoms with van der Waals surface area (Å²) in [6, 6.07) is 13.9. The Balaban J connectivity index is 1.90. The molecule has 0 aliphatic rings. The number of non-ortho nitro benzene ring substituents is 1. The van der Waals surface area contributed by atoms with Crippen molar-refractivity contribution in [2.45, 2.75) is 20.3 Å². The van der Waals surface area contributed by atoms with Crippen LogP contribution in [-0.4, -0.2) is 30.1 Å². The summed E-state index contributed by atoms with van der Waals surface area (Å²) in [7, 11) is 0. The van der Waals surface area contributed by atoms with E-state index in [2.05, 4.69) is 29.3 Å². The van der Waals surface area contributed by atoms with Crippen LogP contribution in [0.4, 0.5) is 11.4 Å². The molecule has 0 bridgehead atoms. The number of nitrogens with one attached hydrogen (secondary N) is 1. The van der Waals surface area contributed by atoms with Crippen LogP contribution in [-0.2, 0) is 11.2 Å². The van der Waals surface area contributed by atoms with Crippen molar-refractivity contribution < 1.29 is 9.72 Å². The maximum absolute atomic E-state index is 11.9. The highest BCUT2D eigenvalue weighted by molar-refractivity contribution is 5.83. The molecule has 2 aromatic rings. The van der Waals surface area contributed by atoms with Crippen LogP contribution in [0.2, 0.25) is 0 Å². The second-order valence-electron chi connectivity index (χ2n) is 5.66. The molecule has 0 radical (unpaired) electrons. The second kappa shape index (κ2) is 9.31. The number of carbonyl (C=O) groups is 1. The van der Waals surface area contributed by atoms with E-state index in [1.807, 2.05) is 24.3 Å². The van der Waals surface area contributed by atoms with Gasteiger partial charge >= 0.3 is 0 Å². The molecule has 0 aliphatic carbocycles. The Kier molecular flexibility index (Phi) is 6.84.